The third kappa shape index (κ3) is 3.32. The van der Waals surface area contributed by atoms with Gasteiger partial charge < -0.3 is 10.1 Å². The number of carbonyl (C=O) groups excluding carboxylic acids is 1. The Morgan fingerprint density at radius 3 is 2.64 bits per heavy atom. The minimum Gasteiger partial charge on any atom is -0.457 e. The molecule has 0 bridgehead atoms. The Morgan fingerprint density at radius 2 is 1.80 bits per heavy atom. The topological polar surface area (TPSA) is 51.2 Å². The Bertz CT molecular complexity index is 984. The van der Waals surface area contributed by atoms with Crippen LogP contribution in [0.4, 0.5) is 5.82 Å². The molecule has 1 aromatic heterocycles. The van der Waals surface area contributed by atoms with Gasteiger partial charge in [0.2, 0.25) is 0 Å². The van der Waals surface area contributed by atoms with E-state index >= 15 is 0 Å². The second-order valence-electron chi connectivity index (χ2n) is 5.55. The number of nitrogens with zero attached hydrogens (tertiary/aromatic N) is 1. The molecule has 1 aliphatic heterocycles. The van der Waals surface area contributed by atoms with Gasteiger partial charge in [0.25, 0.3) is 5.91 Å². The van der Waals surface area contributed by atoms with Crippen molar-refractivity contribution in [1.29, 1.82) is 0 Å². The van der Waals surface area contributed by atoms with Gasteiger partial charge in [-0.1, -0.05) is 30.3 Å². The number of amides is 1. The minimum atomic E-state index is -0.157. The lowest BCUT2D eigenvalue weighted by atomic mass is 10.1. The number of aromatic nitrogens is 1. The predicted octanol–water partition coefficient (Wildman–Crippen LogP) is 5.13. The Balaban J connectivity index is 1.67. The summed E-state index contributed by atoms with van der Waals surface area (Å²) in [5, 5.41) is 2.78. The molecule has 0 unspecified atom stereocenters. The molecule has 25 heavy (non-hydrogen) atoms. The number of fused-ring (bicyclic) bond motifs is 1. The summed E-state index contributed by atoms with van der Waals surface area (Å²) in [6.45, 7) is 0. The smallest absolute Gasteiger partial charge is 0.257 e. The van der Waals surface area contributed by atoms with Crippen LogP contribution in [-0.4, -0.2) is 10.9 Å². The first-order chi connectivity index (χ1) is 12.2. The second-order valence-corrected chi connectivity index (χ2v) is 6.47. The molecule has 4 nitrogen and oxygen atoms in total. The van der Waals surface area contributed by atoms with Crippen LogP contribution >= 0.6 is 15.9 Å². The summed E-state index contributed by atoms with van der Waals surface area (Å²) in [7, 11) is 0. The van der Waals surface area contributed by atoms with Crippen molar-refractivity contribution in [3.63, 3.8) is 0 Å². The Kier molecular flexibility index (Phi) is 4.07. The number of rotatable bonds is 3. The molecule has 3 aromatic rings. The standard InChI is InChI=1S/C20H13BrN2O2/c21-14-11-17-18(20(24)23-19(17)22-12-14)10-13-5-4-8-16(9-13)25-15-6-2-1-3-7-15/h1-12H,(H,22,23,24). The number of para-hydroxylation sites is 1. The molecule has 2 aromatic carbocycles. The first-order valence-corrected chi connectivity index (χ1v) is 8.50. The summed E-state index contributed by atoms with van der Waals surface area (Å²) in [5.41, 5.74) is 2.25. The van der Waals surface area contributed by atoms with Crippen LogP contribution in [0.2, 0.25) is 0 Å². The summed E-state index contributed by atoms with van der Waals surface area (Å²) in [5.74, 6) is 1.90. The lowest BCUT2D eigenvalue weighted by Crippen LogP contribution is -2.04. The van der Waals surface area contributed by atoms with Crippen molar-refractivity contribution in [2.75, 3.05) is 5.32 Å². The number of carbonyl (C=O) groups is 1. The number of hydrogen-bond acceptors (Lipinski definition) is 3. The van der Waals surface area contributed by atoms with Gasteiger partial charge in [0.15, 0.2) is 0 Å². The molecule has 0 fully saturated rings. The van der Waals surface area contributed by atoms with Gasteiger partial charge in [-0.05, 0) is 57.9 Å². The van der Waals surface area contributed by atoms with Gasteiger partial charge in [0.1, 0.15) is 17.3 Å². The van der Waals surface area contributed by atoms with Crippen molar-refractivity contribution in [2.24, 2.45) is 0 Å². The van der Waals surface area contributed by atoms with Gasteiger partial charge in [0.05, 0.1) is 5.57 Å². The van der Waals surface area contributed by atoms with E-state index in [9.17, 15) is 4.79 Å². The van der Waals surface area contributed by atoms with E-state index in [1.54, 1.807) is 6.20 Å². The average molecular weight is 393 g/mol. The molecule has 122 valence electrons. The number of ether oxygens (including phenoxy) is 1. The van der Waals surface area contributed by atoms with E-state index in [1.165, 1.54) is 0 Å². The van der Waals surface area contributed by atoms with E-state index in [2.05, 4.69) is 26.2 Å². The molecule has 1 N–H and O–H groups in total. The summed E-state index contributed by atoms with van der Waals surface area (Å²) in [6, 6.07) is 19.1. The Labute approximate surface area is 153 Å². The highest BCUT2D eigenvalue weighted by atomic mass is 79.9. The summed E-state index contributed by atoms with van der Waals surface area (Å²) < 4.78 is 6.68. The summed E-state index contributed by atoms with van der Waals surface area (Å²) in [6.07, 6.45) is 3.50. The normalized spacial score (nSPS) is 14.3. The fourth-order valence-electron chi connectivity index (χ4n) is 2.64. The lowest BCUT2D eigenvalue weighted by molar-refractivity contribution is -0.110. The Hall–Kier alpha value is -2.92. The molecule has 0 radical (unpaired) electrons. The SMILES string of the molecule is O=C1Nc2ncc(Br)cc2C1=Cc1cccc(Oc2ccccc2)c1. The number of nitrogens with one attached hydrogen (secondary N) is 1. The number of pyridine rings is 1. The third-order valence-corrected chi connectivity index (χ3v) is 4.20. The molecule has 0 saturated heterocycles. The van der Waals surface area contributed by atoms with Gasteiger partial charge in [-0.3, -0.25) is 4.79 Å². The van der Waals surface area contributed by atoms with Crippen molar-refractivity contribution in [2.45, 2.75) is 0 Å². The van der Waals surface area contributed by atoms with Crippen molar-refractivity contribution < 1.29 is 9.53 Å². The van der Waals surface area contributed by atoms with Crippen LogP contribution in [0.25, 0.3) is 11.6 Å². The quantitative estimate of drug-likeness (QED) is 0.628. The van der Waals surface area contributed by atoms with Crippen LogP contribution in [-0.2, 0) is 4.79 Å². The highest BCUT2D eigenvalue weighted by molar-refractivity contribution is 9.10. The van der Waals surface area contributed by atoms with E-state index in [4.69, 9.17) is 4.74 Å². The Morgan fingerprint density at radius 1 is 1.00 bits per heavy atom. The number of anilines is 1. The van der Waals surface area contributed by atoms with E-state index < -0.39 is 0 Å². The molecule has 1 aliphatic rings. The van der Waals surface area contributed by atoms with Gasteiger partial charge in [-0.2, -0.15) is 0 Å². The monoisotopic (exact) mass is 392 g/mol. The first-order valence-electron chi connectivity index (χ1n) is 7.71. The molecule has 4 rings (SSSR count). The van der Waals surface area contributed by atoms with Crippen molar-refractivity contribution in [1.82, 2.24) is 4.98 Å². The molecular weight excluding hydrogens is 380 g/mol. The molecule has 5 heteroatoms. The number of hydrogen-bond donors (Lipinski definition) is 1. The van der Waals surface area contributed by atoms with Gasteiger partial charge in [0, 0.05) is 16.2 Å². The lowest BCUT2D eigenvalue weighted by Gasteiger charge is -2.06. The van der Waals surface area contributed by atoms with E-state index in [0.717, 1.165) is 21.3 Å². The average Bonchev–Trinajstić information content (AvgIpc) is 2.91. The van der Waals surface area contributed by atoms with Gasteiger partial charge in [-0.25, -0.2) is 4.98 Å². The molecule has 0 spiro atoms. The second kappa shape index (κ2) is 6.53. The van der Waals surface area contributed by atoms with E-state index in [1.807, 2.05) is 66.7 Å². The highest BCUT2D eigenvalue weighted by Crippen LogP contribution is 2.33. The van der Waals surface area contributed by atoms with Crippen LogP contribution in [0, 0.1) is 0 Å². The van der Waals surface area contributed by atoms with Crippen molar-refractivity contribution >= 4 is 39.3 Å². The molecule has 0 saturated carbocycles. The van der Waals surface area contributed by atoms with Crippen LogP contribution in [0.5, 0.6) is 11.5 Å². The summed E-state index contributed by atoms with van der Waals surface area (Å²) in [4.78, 5) is 16.5. The highest BCUT2D eigenvalue weighted by Gasteiger charge is 2.25. The minimum absolute atomic E-state index is 0.157. The van der Waals surface area contributed by atoms with Gasteiger partial charge >= 0.3 is 0 Å². The van der Waals surface area contributed by atoms with Crippen LogP contribution in [0.3, 0.4) is 0 Å². The van der Waals surface area contributed by atoms with Crippen molar-refractivity contribution in [3.05, 3.63) is 82.5 Å². The first kappa shape index (κ1) is 15.6. The molecule has 2 heterocycles. The largest absolute Gasteiger partial charge is 0.457 e. The zero-order chi connectivity index (χ0) is 17.2. The fourth-order valence-corrected chi connectivity index (χ4v) is 2.98. The molecular formula is C20H13BrN2O2. The maximum atomic E-state index is 12.3. The zero-order valence-corrected chi connectivity index (χ0v) is 14.7. The predicted molar refractivity (Wildman–Crippen MR) is 101 cm³/mol. The van der Waals surface area contributed by atoms with E-state index in [0.29, 0.717) is 17.1 Å². The molecule has 0 atom stereocenters. The molecule has 1 amide bonds. The van der Waals surface area contributed by atoms with Crippen LogP contribution in [0.15, 0.2) is 71.3 Å². The third-order valence-electron chi connectivity index (χ3n) is 3.77. The summed E-state index contributed by atoms with van der Waals surface area (Å²) >= 11 is 3.40. The van der Waals surface area contributed by atoms with E-state index in [-0.39, 0.29) is 5.91 Å². The maximum Gasteiger partial charge on any atom is 0.257 e. The van der Waals surface area contributed by atoms with Crippen LogP contribution in [0.1, 0.15) is 11.1 Å². The number of benzene rings is 2. The zero-order valence-electron chi connectivity index (χ0n) is 13.1. The molecule has 0 aliphatic carbocycles. The number of halogens is 1. The van der Waals surface area contributed by atoms with Crippen LogP contribution < -0.4 is 10.1 Å². The van der Waals surface area contributed by atoms with Gasteiger partial charge in [-0.15, -0.1) is 0 Å². The fraction of sp³-hybridized carbons (Fsp3) is 0. The maximum absolute atomic E-state index is 12.3. The van der Waals surface area contributed by atoms with Crippen molar-refractivity contribution in [3.8, 4) is 11.5 Å².